The van der Waals surface area contributed by atoms with Gasteiger partial charge >= 0.3 is 5.97 Å². The fraction of sp³-hybridized carbons (Fsp3) is 0.353. The van der Waals surface area contributed by atoms with E-state index in [9.17, 15) is 19.5 Å². The zero-order valence-corrected chi connectivity index (χ0v) is 18.1. The highest BCUT2D eigenvalue weighted by atomic mass is 32.2. The van der Waals surface area contributed by atoms with E-state index in [1.54, 1.807) is 23.2 Å². The molecule has 4 N–H and O–H groups in total. The van der Waals surface area contributed by atoms with Crippen molar-refractivity contribution < 1.29 is 24.3 Å². The fourth-order valence-electron chi connectivity index (χ4n) is 2.72. The molecule has 0 spiro atoms. The Morgan fingerprint density at radius 3 is 3.03 bits per heavy atom. The number of hydrogen-bond acceptors (Lipinski definition) is 10. The maximum absolute atomic E-state index is 12.8. The first-order chi connectivity index (χ1) is 14.4. The molecule has 2 aliphatic heterocycles. The molecule has 0 radical (unpaired) electrons. The summed E-state index contributed by atoms with van der Waals surface area (Å²) < 4.78 is 0. The van der Waals surface area contributed by atoms with Gasteiger partial charge in [0, 0.05) is 22.6 Å². The van der Waals surface area contributed by atoms with Crippen LogP contribution >= 0.6 is 34.9 Å². The lowest BCUT2D eigenvalue weighted by Gasteiger charge is -2.48. The van der Waals surface area contributed by atoms with Crippen LogP contribution in [0.1, 0.15) is 5.69 Å². The van der Waals surface area contributed by atoms with Crippen LogP contribution in [0.2, 0.25) is 0 Å². The van der Waals surface area contributed by atoms with Crippen molar-refractivity contribution in [1.82, 2.24) is 15.2 Å². The standard InChI is InChI=1S/C17H19N5O5S3/c1-2-5-28-7-4-27-21-11(9-8-30-17(18)19-9)13(23)20-12-14(24)22-10(16(25)26)3-6-29-15(12)22/h2-3,8,12,15H,1,4-7H2,(H2,18,19)(H,20,23)(H,25,26)/t12?,15-/m1/s1. The van der Waals surface area contributed by atoms with Crippen molar-refractivity contribution in [3.8, 4) is 0 Å². The molecule has 3 heterocycles. The third-order valence-corrected chi connectivity index (χ3v) is 6.83. The number of carbonyl (C=O) groups is 3. The zero-order valence-electron chi connectivity index (χ0n) is 15.6. The van der Waals surface area contributed by atoms with E-state index in [2.05, 4.69) is 22.0 Å². The zero-order chi connectivity index (χ0) is 21.7. The van der Waals surface area contributed by atoms with Gasteiger partial charge in [-0.15, -0.1) is 29.7 Å². The normalized spacial score (nSPS) is 20.7. The molecule has 3 rings (SSSR count). The second-order valence-corrected chi connectivity index (χ2v) is 9.17. The van der Waals surface area contributed by atoms with Gasteiger partial charge in [0.2, 0.25) is 0 Å². The summed E-state index contributed by atoms with van der Waals surface area (Å²) >= 11 is 4.11. The average molecular weight is 470 g/mol. The summed E-state index contributed by atoms with van der Waals surface area (Å²) in [6.07, 6.45) is 3.25. The number of carbonyl (C=O) groups excluding carboxylic acids is 2. The minimum Gasteiger partial charge on any atom is -0.477 e. The van der Waals surface area contributed by atoms with Crippen LogP contribution in [0.3, 0.4) is 0 Å². The number of hydrogen-bond donors (Lipinski definition) is 3. The first kappa shape index (κ1) is 22.2. The number of anilines is 1. The molecule has 0 aromatic carbocycles. The maximum Gasteiger partial charge on any atom is 0.352 e. The second kappa shape index (κ2) is 10.00. The van der Waals surface area contributed by atoms with Crippen molar-refractivity contribution >= 4 is 63.5 Å². The largest absolute Gasteiger partial charge is 0.477 e. The molecular weight excluding hydrogens is 450 g/mol. The summed E-state index contributed by atoms with van der Waals surface area (Å²) in [5.74, 6) is -0.464. The number of thiazole rings is 1. The van der Waals surface area contributed by atoms with E-state index in [1.807, 2.05) is 0 Å². The summed E-state index contributed by atoms with van der Waals surface area (Å²) in [7, 11) is 0. The van der Waals surface area contributed by atoms with Crippen LogP contribution in [0.15, 0.2) is 35.0 Å². The van der Waals surface area contributed by atoms with Crippen molar-refractivity contribution in [2.45, 2.75) is 11.4 Å². The highest BCUT2D eigenvalue weighted by Crippen LogP contribution is 2.37. The lowest BCUT2D eigenvalue weighted by Crippen LogP contribution is -2.70. The van der Waals surface area contributed by atoms with Crippen molar-refractivity contribution in [3.63, 3.8) is 0 Å². The van der Waals surface area contributed by atoms with Crippen molar-refractivity contribution in [3.05, 3.63) is 35.5 Å². The Morgan fingerprint density at radius 1 is 1.57 bits per heavy atom. The van der Waals surface area contributed by atoms with Crippen molar-refractivity contribution in [2.75, 3.05) is 29.6 Å². The van der Waals surface area contributed by atoms with Crippen LogP contribution < -0.4 is 11.1 Å². The second-order valence-electron chi connectivity index (χ2n) is 5.99. The van der Waals surface area contributed by atoms with Gasteiger partial charge in [0.15, 0.2) is 10.8 Å². The molecule has 1 unspecified atom stereocenters. The van der Waals surface area contributed by atoms with Crippen molar-refractivity contribution in [2.24, 2.45) is 5.16 Å². The van der Waals surface area contributed by atoms with Gasteiger partial charge in [0.1, 0.15) is 29.4 Å². The Labute approximate surface area is 184 Å². The first-order valence-electron chi connectivity index (χ1n) is 8.73. The number of nitrogen functional groups attached to an aromatic ring is 1. The minimum atomic E-state index is -1.18. The Bertz CT molecular complexity index is 915. The molecule has 1 aromatic rings. The molecular formula is C17H19N5O5S3. The van der Waals surface area contributed by atoms with E-state index in [4.69, 9.17) is 10.6 Å². The molecule has 13 heteroatoms. The molecule has 2 amide bonds. The molecule has 160 valence electrons. The van der Waals surface area contributed by atoms with Crippen LogP contribution in [-0.4, -0.2) is 73.8 Å². The lowest BCUT2D eigenvalue weighted by atomic mass is 10.0. The van der Waals surface area contributed by atoms with Crippen LogP contribution in [0, 0.1) is 0 Å². The number of carboxylic acids is 1. The number of aliphatic carboxylic acids is 1. The number of nitrogens with two attached hydrogens (primary N) is 1. The van der Waals surface area contributed by atoms with Crippen LogP contribution in [0.4, 0.5) is 5.13 Å². The molecule has 2 aliphatic rings. The molecule has 1 fully saturated rings. The Hall–Kier alpha value is -2.51. The highest BCUT2D eigenvalue weighted by Gasteiger charge is 2.53. The van der Waals surface area contributed by atoms with Crippen LogP contribution in [0.5, 0.6) is 0 Å². The number of nitrogens with zero attached hydrogens (tertiary/aromatic N) is 3. The van der Waals surface area contributed by atoms with Gasteiger partial charge in [0.05, 0.1) is 0 Å². The molecule has 0 saturated carbocycles. The molecule has 2 atom stereocenters. The summed E-state index contributed by atoms with van der Waals surface area (Å²) in [6, 6.07) is -0.866. The van der Waals surface area contributed by atoms with Gasteiger partial charge in [-0.2, -0.15) is 11.8 Å². The number of rotatable bonds is 10. The lowest BCUT2D eigenvalue weighted by molar-refractivity contribution is -0.150. The number of thioether (sulfide) groups is 2. The summed E-state index contributed by atoms with van der Waals surface area (Å²) in [5, 5.41) is 17.1. The van der Waals surface area contributed by atoms with E-state index in [0.717, 1.165) is 17.1 Å². The first-order valence-corrected chi connectivity index (χ1v) is 11.8. The van der Waals surface area contributed by atoms with Gasteiger partial charge in [-0.05, 0) is 6.08 Å². The monoisotopic (exact) mass is 469 g/mol. The fourth-order valence-corrected chi connectivity index (χ4v) is 4.99. The predicted molar refractivity (Wildman–Crippen MR) is 117 cm³/mol. The SMILES string of the molecule is C=CCSCCON=C(C(=O)NC1C(=O)N2C(C(=O)O)=CCS[C@H]12)c1csc(N)n1. The number of carboxylic acid groups (broad SMARTS) is 1. The molecule has 30 heavy (non-hydrogen) atoms. The number of aromatic nitrogens is 1. The van der Waals surface area contributed by atoms with Crippen LogP contribution in [-0.2, 0) is 19.2 Å². The number of nitrogens with one attached hydrogen (secondary N) is 1. The van der Waals surface area contributed by atoms with Gasteiger partial charge in [-0.3, -0.25) is 14.5 Å². The number of fused-ring (bicyclic) bond motifs is 1. The molecule has 1 aromatic heterocycles. The third kappa shape index (κ3) is 4.79. The summed E-state index contributed by atoms with van der Waals surface area (Å²) in [4.78, 5) is 47.1. The molecule has 10 nitrogen and oxygen atoms in total. The third-order valence-electron chi connectivity index (χ3n) is 4.04. The summed E-state index contributed by atoms with van der Waals surface area (Å²) in [5.41, 5.74) is 5.72. The van der Waals surface area contributed by atoms with E-state index in [-0.39, 0.29) is 28.8 Å². The minimum absolute atomic E-state index is 0.0734. The Kier molecular flexibility index (Phi) is 7.39. The molecule has 0 bridgehead atoms. The quantitative estimate of drug-likeness (QED) is 0.148. The summed E-state index contributed by atoms with van der Waals surface area (Å²) in [6.45, 7) is 3.91. The van der Waals surface area contributed by atoms with Crippen molar-refractivity contribution in [1.29, 1.82) is 0 Å². The predicted octanol–water partition coefficient (Wildman–Crippen LogP) is 0.734. The topological polar surface area (TPSA) is 147 Å². The number of amides is 2. The Balaban J connectivity index is 1.68. The van der Waals surface area contributed by atoms with Crippen LogP contribution in [0.25, 0.3) is 0 Å². The van der Waals surface area contributed by atoms with E-state index in [0.29, 0.717) is 11.5 Å². The van der Waals surface area contributed by atoms with Gasteiger partial charge in [0.25, 0.3) is 11.8 Å². The van der Waals surface area contributed by atoms with Gasteiger partial charge in [-0.25, -0.2) is 9.78 Å². The van der Waals surface area contributed by atoms with E-state index >= 15 is 0 Å². The number of β-lactam (4-membered cyclic amide) rings is 1. The maximum atomic E-state index is 12.8. The smallest absolute Gasteiger partial charge is 0.352 e. The van der Waals surface area contributed by atoms with Gasteiger partial charge in [-0.1, -0.05) is 11.2 Å². The molecule has 0 aliphatic carbocycles. The van der Waals surface area contributed by atoms with Gasteiger partial charge < -0.3 is 21.0 Å². The van der Waals surface area contributed by atoms with E-state index < -0.39 is 29.2 Å². The van der Waals surface area contributed by atoms with E-state index in [1.165, 1.54) is 22.7 Å². The number of oxime groups is 1. The molecule has 1 saturated heterocycles. The average Bonchev–Trinajstić information content (AvgIpc) is 3.16. The highest BCUT2D eigenvalue weighted by molar-refractivity contribution is 8.00. The Morgan fingerprint density at radius 2 is 2.37 bits per heavy atom.